The number of imide groups is 1. The summed E-state index contributed by atoms with van der Waals surface area (Å²) in [6, 6.07) is 0. The van der Waals surface area contributed by atoms with Crippen molar-refractivity contribution < 1.29 is 14.3 Å². The van der Waals surface area contributed by atoms with E-state index in [0.717, 1.165) is 32.1 Å². The Labute approximate surface area is 180 Å². The number of nitrogens with zero attached hydrogens (tertiary/aromatic N) is 1. The molecule has 0 aromatic carbocycles. The third-order valence-electron chi connectivity index (χ3n) is 6.07. The molecular formula is C25H47NO3. The number of unbranched alkanes of at least 4 members (excludes halogenated alkanes) is 13. The summed E-state index contributed by atoms with van der Waals surface area (Å²) < 4.78 is 5.77. The summed E-state index contributed by atoms with van der Waals surface area (Å²) in [7, 11) is 0. The molecule has 1 saturated heterocycles. The summed E-state index contributed by atoms with van der Waals surface area (Å²) in [6.45, 7) is 5.02. The van der Waals surface area contributed by atoms with Crippen LogP contribution in [0.15, 0.2) is 0 Å². The average Bonchev–Trinajstić information content (AvgIpc) is 3.15. The van der Waals surface area contributed by atoms with Crippen LogP contribution in [-0.4, -0.2) is 29.5 Å². The summed E-state index contributed by atoms with van der Waals surface area (Å²) in [5.41, 5.74) is 0. The molecule has 0 radical (unpaired) electrons. The molecule has 1 aliphatic rings. The molecule has 29 heavy (non-hydrogen) atoms. The fourth-order valence-electron chi connectivity index (χ4n) is 4.14. The van der Waals surface area contributed by atoms with E-state index in [0.29, 0.717) is 13.0 Å². The Hall–Kier alpha value is -1.06. The number of rotatable bonds is 18. The number of ether oxygens (including phenoxy) is 1. The molecule has 4 nitrogen and oxygen atoms in total. The van der Waals surface area contributed by atoms with E-state index in [2.05, 4.69) is 13.8 Å². The summed E-state index contributed by atoms with van der Waals surface area (Å²) in [5, 5.41) is 0. The summed E-state index contributed by atoms with van der Waals surface area (Å²) in [4.78, 5) is 25.5. The third-order valence-corrected chi connectivity index (χ3v) is 6.07. The van der Waals surface area contributed by atoms with Gasteiger partial charge in [-0.3, -0.25) is 4.79 Å². The van der Waals surface area contributed by atoms with E-state index in [9.17, 15) is 9.59 Å². The minimum atomic E-state index is -0.403. The van der Waals surface area contributed by atoms with Crippen LogP contribution < -0.4 is 0 Å². The highest BCUT2D eigenvalue weighted by Gasteiger charge is 2.29. The maximum Gasteiger partial charge on any atom is 0.416 e. The number of hydrogen-bond donors (Lipinski definition) is 0. The molecule has 1 unspecified atom stereocenters. The molecule has 0 spiro atoms. The van der Waals surface area contributed by atoms with Crippen molar-refractivity contribution in [3.8, 4) is 0 Å². The SMILES string of the molecule is CCCCCCCCCCCC(CCCCCCCC)OC(=O)N1CCCC1=O. The molecule has 0 aromatic heterocycles. The highest BCUT2D eigenvalue weighted by atomic mass is 16.6. The second-order valence-corrected chi connectivity index (χ2v) is 8.83. The van der Waals surface area contributed by atoms with E-state index in [-0.39, 0.29) is 12.0 Å². The van der Waals surface area contributed by atoms with E-state index >= 15 is 0 Å². The molecule has 0 aliphatic carbocycles. The van der Waals surface area contributed by atoms with Gasteiger partial charge in [-0.25, -0.2) is 9.69 Å². The van der Waals surface area contributed by atoms with Gasteiger partial charge in [-0.1, -0.05) is 97.3 Å². The smallest absolute Gasteiger partial charge is 0.416 e. The van der Waals surface area contributed by atoms with Crippen LogP contribution in [-0.2, 0) is 9.53 Å². The zero-order valence-corrected chi connectivity index (χ0v) is 19.4. The number of carbonyl (C=O) groups excluding carboxylic acids is 2. The normalized spacial score (nSPS) is 15.1. The molecule has 0 bridgehead atoms. The van der Waals surface area contributed by atoms with E-state index in [4.69, 9.17) is 4.74 Å². The fourth-order valence-corrected chi connectivity index (χ4v) is 4.14. The van der Waals surface area contributed by atoms with Gasteiger partial charge >= 0.3 is 6.09 Å². The molecule has 1 rings (SSSR count). The van der Waals surface area contributed by atoms with E-state index in [1.165, 1.54) is 88.4 Å². The molecule has 4 heteroatoms. The van der Waals surface area contributed by atoms with Crippen molar-refractivity contribution in [2.24, 2.45) is 0 Å². The molecule has 1 aliphatic heterocycles. The molecule has 1 fully saturated rings. The summed E-state index contributed by atoms with van der Waals surface area (Å²) in [5.74, 6) is -0.0728. The van der Waals surface area contributed by atoms with Crippen LogP contribution in [0.5, 0.6) is 0 Å². The van der Waals surface area contributed by atoms with Crippen LogP contribution in [0.3, 0.4) is 0 Å². The van der Waals surface area contributed by atoms with E-state index in [1.54, 1.807) is 0 Å². The fraction of sp³-hybridized carbons (Fsp3) is 0.920. The first-order valence-electron chi connectivity index (χ1n) is 12.7. The van der Waals surface area contributed by atoms with Crippen molar-refractivity contribution in [3.63, 3.8) is 0 Å². The van der Waals surface area contributed by atoms with E-state index in [1.807, 2.05) is 0 Å². The predicted molar refractivity (Wildman–Crippen MR) is 121 cm³/mol. The largest absolute Gasteiger partial charge is 0.446 e. The molecule has 1 atom stereocenters. The van der Waals surface area contributed by atoms with Gasteiger partial charge in [0.1, 0.15) is 6.10 Å². The highest BCUT2D eigenvalue weighted by Crippen LogP contribution is 2.19. The van der Waals surface area contributed by atoms with Gasteiger partial charge in [-0.15, -0.1) is 0 Å². The summed E-state index contributed by atoms with van der Waals surface area (Å²) >= 11 is 0. The minimum absolute atomic E-state index is 0.0216. The Morgan fingerprint density at radius 2 is 1.24 bits per heavy atom. The van der Waals surface area contributed by atoms with Gasteiger partial charge in [0, 0.05) is 13.0 Å². The molecule has 0 N–H and O–H groups in total. The lowest BCUT2D eigenvalue weighted by molar-refractivity contribution is -0.126. The zero-order valence-electron chi connectivity index (χ0n) is 19.4. The van der Waals surface area contributed by atoms with Gasteiger partial charge in [-0.2, -0.15) is 0 Å². The maximum atomic E-state index is 12.4. The monoisotopic (exact) mass is 409 g/mol. The van der Waals surface area contributed by atoms with Crippen molar-refractivity contribution >= 4 is 12.0 Å². The van der Waals surface area contributed by atoms with Crippen molar-refractivity contribution in [2.45, 2.75) is 142 Å². The minimum Gasteiger partial charge on any atom is -0.446 e. The topological polar surface area (TPSA) is 46.6 Å². The van der Waals surface area contributed by atoms with Crippen LogP contribution in [0.1, 0.15) is 136 Å². The first-order valence-corrected chi connectivity index (χ1v) is 12.7. The number of hydrogen-bond acceptors (Lipinski definition) is 3. The molecule has 0 saturated carbocycles. The van der Waals surface area contributed by atoms with Crippen LogP contribution in [0, 0.1) is 0 Å². The first-order chi connectivity index (χ1) is 14.2. The average molecular weight is 410 g/mol. The molecule has 0 aromatic rings. The summed E-state index contributed by atoms with van der Waals surface area (Å²) in [6.07, 6.45) is 21.9. The van der Waals surface area contributed by atoms with Gasteiger partial charge in [-0.05, 0) is 32.1 Å². The molecule has 170 valence electrons. The lowest BCUT2D eigenvalue weighted by Crippen LogP contribution is -2.35. The number of likely N-dealkylation sites (tertiary alicyclic amines) is 1. The Morgan fingerprint density at radius 3 is 1.66 bits per heavy atom. The first kappa shape index (κ1) is 26.0. The Bertz CT molecular complexity index is 424. The van der Waals surface area contributed by atoms with Crippen molar-refractivity contribution in [1.29, 1.82) is 0 Å². The molecular weight excluding hydrogens is 362 g/mol. The molecule has 2 amide bonds. The number of amides is 2. The van der Waals surface area contributed by atoms with Crippen LogP contribution >= 0.6 is 0 Å². The van der Waals surface area contributed by atoms with Gasteiger partial charge in [0.25, 0.3) is 0 Å². The highest BCUT2D eigenvalue weighted by molar-refractivity contribution is 5.93. The van der Waals surface area contributed by atoms with Crippen LogP contribution in [0.4, 0.5) is 4.79 Å². The number of carbonyl (C=O) groups is 2. The maximum absolute atomic E-state index is 12.4. The van der Waals surface area contributed by atoms with Crippen LogP contribution in [0.2, 0.25) is 0 Å². The zero-order chi connectivity index (χ0) is 21.2. The van der Waals surface area contributed by atoms with E-state index < -0.39 is 6.09 Å². The molecule has 1 heterocycles. The van der Waals surface area contributed by atoms with Crippen molar-refractivity contribution in [2.75, 3.05) is 6.54 Å². The standard InChI is InChI=1S/C25H47NO3/c1-3-5-7-9-11-12-13-15-17-20-23(19-16-14-10-8-6-4-2)29-25(28)26-22-18-21-24(26)27/h23H,3-22H2,1-2H3. The van der Waals surface area contributed by atoms with Crippen LogP contribution in [0.25, 0.3) is 0 Å². The van der Waals surface area contributed by atoms with Gasteiger partial charge in [0.15, 0.2) is 0 Å². The Kier molecular flexibility index (Phi) is 15.9. The van der Waals surface area contributed by atoms with Gasteiger partial charge < -0.3 is 4.74 Å². The second-order valence-electron chi connectivity index (χ2n) is 8.83. The van der Waals surface area contributed by atoms with Gasteiger partial charge in [0.2, 0.25) is 5.91 Å². The quantitative estimate of drug-likeness (QED) is 0.217. The Balaban J connectivity index is 2.24. The Morgan fingerprint density at radius 1 is 0.793 bits per heavy atom. The van der Waals surface area contributed by atoms with Gasteiger partial charge in [0.05, 0.1) is 0 Å². The lowest BCUT2D eigenvalue weighted by Gasteiger charge is -2.21. The van der Waals surface area contributed by atoms with Crippen molar-refractivity contribution in [1.82, 2.24) is 4.90 Å². The third kappa shape index (κ3) is 13.0. The predicted octanol–water partition coefficient (Wildman–Crippen LogP) is 7.79. The second kappa shape index (κ2) is 17.8. The lowest BCUT2D eigenvalue weighted by atomic mass is 10.0. The van der Waals surface area contributed by atoms with Crippen molar-refractivity contribution in [3.05, 3.63) is 0 Å².